The van der Waals surface area contributed by atoms with Gasteiger partial charge in [0.2, 0.25) is 0 Å². The second-order valence-corrected chi connectivity index (χ2v) is 6.81. The molecule has 2 N–H and O–H groups in total. The molecule has 0 atom stereocenters. The quantitative estimate of drug-likeness (QED) is 0.868. The topological polar surface area (TPSA) is 73.7 Å². The van der Waals surface area contributed by atoms with Crippen LogP contribution in [0.15, 0.2) is 5.51 Å². The van der Waals surface area contributed by atoms with Crippen molar-refractivity contribution in [1.82, 2.24) is 9.88 Å². The molecule has 0 aliphatic heterocycles. The van der Waals surface area contributed by atoms with Crippen LogP contribution in [-0.2, 0) is 11.3 Å². The van der Waals surface area contributed by atoms with Crippen molar-refractivity contribution in [2.75, 3.05) is 13.6 Å². The van der Waals surface area contributed by atoms with Gasteiger partial charge in [0.1, 0.15) is 0 Å². The summed E-state index contributed by atoms with van der Waals surface area (Å²) in [5, 5.41) is 19.6. The Kier molecular flexibility index (Phi) is 4.78. The zero-order valence-electron chi connectivity index (χ0n) is 12.0. The lowest BCUT2D eigenvalue weighted by Gasteiger charge is -2.37. The predicted molar refractivity (Wildman–Crippen MR) is 77.7 cm³/mol. The van der Waals surface area contributed by atoms with Gasteiger partial charge in [-0.15, -0.1) is 11.3 Å². The van der Waals surface area contributed by atoms with Crippen molar-refractivity contribution < 1.29 is 15.0 Å². The molecule has 5 nitrogen and oxygen atoms in total. The second kappa shape index (κ2) is 6.20. The van der Waals surface area contributed by atoms with Gasteiger partial charge in [0.25, 0.3) is 0 Å². The monoisotopic (exact) mass is 298 g/mol. The first kappa shape index (κ1) is 15.4. The number of carboxylic acids is 1. The van der Waals surface area contributed by atoms with E-state index in [2.05, 4.69) is 9.88 Å². The number of rotatable bonds is 5. The summed E-state index contributed by atoms with van der Waals surface area (Å²) in [6, 6.07) is 0. The number of thiazole rings is 1. The maximum Gasteiger partial charge on any atom is 0.306 e. The Labute approximate surface area is 123 Å². The SMILES string of the molecule is Cc1ncsc1CN(C)CC1(O)CCC(C(=O)O)CC1. The van der Waals surface area contributed by atoms with Gasteiger partial charge in [-0.1, -0.05) is 0 Å². The highest BCUT2D eigenvalue weighted by atomic mass is 32.1. The Balaban J connectivity index is 1.86. The summed E-state index contributed by atoms with van der Waals surface area (Å²) < 4.78 is 0. The standard InChI is InChI=1S/C14H22N2O3S/c1-10-12(20-9-15-10)7-16(2)8-14(19)5-3-11(4-6-14)13(17)18/h9,11,19H,3-8H2,1-2H3,(H,17,18). The Morgan fingerprint density at radius 2 is 2.20 bits per heavy atom. The molecule has 2 rings (SSSR count). The van der Waals surface area contributed by atoms with Crippen LogP contribution in [0.25, 0.3) is 0 Å². The minimum absolute atomic E-state index is 0.288. The molecule has 0 unspecified atom stereocenters. The highest BCUT2D eigenvalue weighted by Gasteiger charge is 2.36. The average molecular weight is 298 g/mol. The van der Waals surface area contributed by atoms with E-state index < -0.39 is 11.6 Å². The summed E-state index contributed by atoms with van der Waals surface area (Å²) in [7, 11) is 1.99. The van der Waals surface area contributed by atoms with Crippen molar-refractivity contribution in [3.8, 4) is 0 Å². The number of aromatic nitrogens is 1. The first-order valence-corrected chi connectivity index (χ1v) is 7.80. The fourth-order valence-corrected chi connectivity index (χ4v) is 3.70. The van der Waals surface area contributed by atoms with E-state index in [0.717, 1.165) is 12.2 Å². The molecule has 1 aromatic heterocycles. The highest BCUT2D eigenvalue weighted by Crippen LogP contribution is 2.33. The van der Waals surface area contributed by atoms with Crippen molar-refractivity contribution >= 4 is 17.3 Å². The molecular weight excluding hydrogens is 276 g/mol. The molecule has 1 heterocycles. The largest absolute Gasteiger partial charge is 0.481 e. The third-order valence-corrected chi connectivity index (χ3v) is 5.01. The Morgan fingerprint density at radius 1 is 1.55 bits per heavy atom. The average Bonchev–Trinajstić information content (AvgIpc) is 2.74. The summed E-state index contributed by atoms with van der Waals surface area (Å²) in [6.07, 6.45) is 2.27. The van der Waals surface area contributed by atoms with Gasteiger partial charge >= 0.3 is 5.97 Å². The summed E-state index contributed by atoms with van der Waals surface area (Å²) in [6.45, 7) is 3.35. The number of likely N-dealkylation sites (N-methyl/N-ethyl adjacent to an activating group) is 1. The maximum absolute atomic E-state index is 10.9. The smallest absolute Gasteiger partial charge is 0.306 e. The third-order valence-electron chi connectivity index (χ3n) is 4.09. The summed E-state index contributed by atoms with van der Waals surface area (Å²) in [5.41, 5.74) is 2.13. The van der Waals surface area contributed by atoms with Crippen LogP contribution in [0.5, 0.6) is 0 Å². The molecular formula is C14H22N2O3S. The summed E-state index contributed by atoms with van der Waals surface area (Å²) in [4.78, 5) is 18.5. The number of aliphatic carboxylic acids is 1. The van der Waals surface area contributed by atoms with Crippen LogP contribution in [-0.4, -0.2) is 45.3 Å². The minimum Gasteiger partial charge on any atom is -0.481 e. The Hall–Kier alpha value is -0.980. The van der Waals surface area contributed by atoms with Crippen molar-refractivity contribution in [3.05, 3.63) is 16.1 Å². The van der Waals surface area contributed by atoms with Gasteiger partial charge in [-0.2, -0.15) is 0 Å². The van der Waals surface area contributed by atoms with Gasteiger partial charge < -0.3 is 10.2 Å². The molecule has 0 bridgehead atoms. The lowest BCUT2D eigenvalue weighted by Crippen LogP contribution is -2.44. The molecule has 6 heteroatoms. The molecule has 1 aromatic rings. The Morgan fingerprint density at radius 3 is 2.70 bits per heavy atom. The molecule has 112 valence electrons. The number of carboxylic acid groups (broad SMARTS) is 1. The third kappa shape index (κ3) is 3.77. The lowest BCUT2D eigenvalue weighted by molar-refractivity contribution is -0.145. The summed E-state index contributed by atoms with van der Waals surface area (Å²) >= 11 is 1.63. The minimum atomic E-state index is -0.751. The number of nitrogens with zero attached hydrogens (tertiary/aromatic N) is 2. The van der Waals surface area contributed by atoms with Crippen LogP contribution in [0.3, 0.4) is 0 Å². The first-order chi connectivity index (χ1) is 9.39. The molecule has 1 aliphatic carbocycles. The van der Waals surface area contributed by atoms with E-state index in [1.54, 1.807) is 11.3 Å². The molecule has 0 amide bonds. The van der Waals surface area contributed by atoms with Crippen molar-refractivity contribution in [2.24, 2.45) is 5.92 Å². The van der Waals surface area contributed by atoms with Gasteiger partial charge in [-0.25, -0.2) is 4.98 Å². The van der Waals surface area contributed by atoms with Crippen molar-refractivity contribution in [3.63, 3.8) is 0 Å². The molecule has 1 saturated carbocycles. The fourth-order valence-electron chi connectivity index (χ4n) is 2.84. The number of carbonyl (C=O) groups is 1. The fraction of sp³-hybridized carbons (Fsp3) is 0.714. The molecule has 1 fully saturated rings. The van der Waals surface area contributed by atoms with E-state index in [1.165, 1.54) is 4.88 Å². The van der Waals surface area contributed by atoms with Crippen LogP contribution < -0.4 is 0 Å². The maximum atomic E-state index is 10.9. The van der Waals surface area contributed by atoms with Crippen LogP contribution >= 0.6 is 11.3 Å². The summed E-state index contributed by atoms with van der Waals surface area (Å²) in [5.74, 6) is -1.02. The van der Waals surface area contributed by atoms with Gasteiger partial charge in [0.15, 0.2) is 0 Å². The number of hydrogen-bond donors (Lipinski definition) is 2. The van der Waals surface area contributed by atoms with Crippen LogP contribution in [0.2, 0.25) is 0 Å². The molecule has 1 aliphatic rings. The van der Waals surface area contributed by atoms with E-state index in [0.29, 0.717) is 32.2 Å². The molecule has 0 radical (unpaired) electrons. The van der Waals surface area contributed by atoms with E-state index in [-0.39, 0.29) is 5.92 Å². The van der Waals surface area contributed by atoms with Crippen molar-refractivity contribution in [2.45, 2.75) is 44.8 Å². The Bertz CT molecular complexity index is 467. The van der Waals surface area contributed by atoms with E-state index in [4.69, 9.17) is 5.11 Å². The van der Waals surface area contributed by atoms with Gasteiger partial charge in [-0.05, 0) is 39.7 Å². The molecule has 20 heavy (non-hydrogen) atoms. The van der Waals surface area contributed by atoms with Crippen LogP contribution in [0, 0.1) is 12.8 Å². The van der Waals surface area contributed by atoms with Gasteiger partial charge in [-0.3, -0.25) is 9.69 Å². The normalized spacial score (nSPS) is 26.9. The van der Waals surface area contributed by atoms with Crippen LogP contribution in [0.4, 0.5) is 0 Å². The highest BCUT2D eigenvalue weighted by molar-refractivity contribution is 7.09. The number of hydrogen-bond acceptors (Lipinski definition) is 5. The van der Waals surface area contributed by atoms with Crippen molar-refractivity contribution in [1.29, 1.82) is 0 Å². The zero-order chi connectivity index (χ0) is 14.8. The van der Waals surface area contributed by atoms with E-state index >= 15 is 0 Å². The van der Waals surface area contributed by atoms with Gasteiger partial charge in [0, 0.05) is 18.0 Å². The molecule has 0 saturated heterocycles. The number of aryl methyl sites for hydroxylation is 1. The van der Waals surface area contributed by atoms with Crippen LogP contribution in [0.1, 0.15) is 36.3 Å². The zero-order valence-corrected chi connectivity index (χ0v) is 12.8. The predicted octanol–water partition coefficient (Wildman–Crippen LogP) is 1.89. The van der Waals surface area contributed by atoms with E-state index in [9.17, 15) is 9.90 Å². The van der Waals surface area contributed by atoms with Gasteiger partial charge in [0.05, 0.1) is 22.7 Å². The lowest BCUT2D eigenvalue weighted by atomic mass is 9.78. The molecule has 0 aromatic carbocycles. The first-order valence-electron chi connectivity index (χ1n) is 6.92. The second-order valence-electron chi connectivity index (χ2n) is 5.87. The molecule has 0 spiro atoms. The van der Waals surface area contributed by atoms with E-state index in [1.807, 2.05) is 19.5 Å². The number of aliphatic hydroxyl groups is 1.